The van der Waals surface area contributed by atoms with Gasteiger partial charge in [-0.1, -0.05) is 30.3 Å². The van der Waals surface area contributed by atoms with E-state index in [4.69, 9.17) is 0 Å². The van der Waals surface area contributed by atoms with Gasteiger partial charge in [-0.25, -0.2) is 9.97 Å². The zero-order chi connectivity index (χ0) is 14.8. The maximum absolute atomic E-state index is 4.59. The highest BCUT2D eigenvalue weighted by atomic mass is 15.1. The Kier molecular flexibility index (Phi) is 3.05. The molecule has 2 aromatic carbocycles. The van der Waals surface area contributed by atoms with Crippen molar-refractivity contribution in [2.45, 2.75) is 0 Å². The number of fused-ring (bicyclic) bond motifs is 1. The summed E-state index contributed by atoms with van der Waals surface area (Å²) >= 11 is 0. The fraction of sp³-hybridized carbons (Fsp3) is 0. The van der Waals surface area contributed by atoms with Crippen molar-refractivity contribution >= 4 is 22.5 Å². The van der Waals surface area contributed by atoms with Crippen molar-refractivity contribution in [2.24, 2.45) is 0 Å². The zero-order valence-corrected chi connectivity index (χ0v) is 11.8. The molecule has 106 valence electrons. The Morgan fingerprint density at radius 2 is 1.82 bits per heavy atom. The van der Waals surface area contributed by atoms with E-state index in [1.165, 1.54) is 5.39 Å². The molecule has 0 atom stereocenters. The Labute approximate surface area is 127 Å². The van der Waals surface area contributed by atoms with E-state index in [1.807, 2.05) is 42.6 Å². The molecule has 2 N–H and O–H groups in total. The number of rotatable bonds is 3. The fourth-order valence-electron chi connectivity index (χ4n) is 2.44. The Bertz CT molecular complexity index is 912. The standard InChI is InChI=1S/C18H14N4/c1-2-4-15(5-3-1)21-18-20-11-9-16(22-18)14-7-6-13-8-10-19-17(13)12-14/h1-12,19H,(H,20,21,22). The minimum Gasteiger partial charge on any atom is -0.361 e. The minimum atomic E-state index is 0.593. The Morgan fingerprint density at radius 3 is 2.73 bits per heavy atom. The summed E-state index contributed by atoms with van der Waals surface area (Å²) in [5.74, 6) is 0.593. The summed E-state index contributed by atoms with van der Waals surface area (Å²) in [6.07, 6.45) is 3.71. The average Bonchev–Trinajstić information content (AvgIpc) is 3.04. The molecule has 4 rings (SSSR count). The number of benzene rings is 2. The van der Waals surface area contributed by atoms with Crippen molar-refractivity contribution in [1.29, 1.82) is 0 Å². The van der Waals surface area contributed by atoms with Crippen LogP contribution in [0, 0.1) is 0 Å². The summed E-state index contributed by atoms with van der Waals surface area (Å²) < 4.78 is 0. The predicted molar refractivity (Wildman–Crippen MR) is 89.0 cm³/mol. The molecule has 0 saturated heterocycles. The highest BCUT2D eigenvalue weighted by Gasteiger charge is 2.04. The van der Waals surface area contributed by atoms with Gasteiger partial charge in [0.05, 0.1) is 5.69 Å². The van der Waals surface area contributed by atoms with E-state index in [1.54, 1.807) is 6.20 Å². The largest absolute Gasteiger partial charge is 0.361 e. The van der Waals surface area contributed by atoms with Crippen LogP contribution >= 0.6 is 0 Å². The van der Waals surface area contributed by atoms with Gasteiger partial charge in [-0.15, -0.1) is 0 Å². The highest BCUT2D eigenvalue weighted by Crippen LogP contribution is 2.23. The molecule has 0 spiro atoms. The van der Waals surface area contributed by atoms with Crippen LogP contribution < -0.4 is 5.32 Å². The number of H-pyrrole nitrogens is 1. The Morgan fingerprint density at radius 1 is 0.909 bits per heavy atom. The van der Waals surface area contributed by atoms with Crippen LogP contribution in [0.4, 0.5) is 11.6 Å². The van der Waals surface area contributed by atoms with Crippen molar-refractivity contribution < 1.29 is 0 Å². The molecule has 0 saturated carbocycles. The van der Waals surface area contributed by atoms with E-state index >= 15 is 0 Å². The lowest BCUT2D eigenvalue weighted by molar-refractivity contribution is 1.17. The number of hydrogen-bond acceptors (Lipinski definition) is 3. The van der Waals surface area contributed by atoms with Crippen LogP contribution in [0.1, 0.15) is 0 Å². The number of nitrogens with zero attached hydrogens (tertiary/aromatic N) is 2. The second-order valence-corrected chi connectivity index (χ2v) is 5.04. The van der Waals surface area contributed by atoms with E-state index in [2.05, 4.69) is 44.5 Å². The Hall–Kier alpha value is -3.14. The number of aromatic amines is 1. The first-order chi connectivity index (χ1) is 10.9. The molecule has 4 heteroatoms. The van der Waals surface area contributed by atoms with Crippen LogP contribution in [-0.4, -0.2) is 15.0 Å². The number of anilines is 2. The number of aromatic nitrogens is 3. The van der Waals surface area contributed by atoms with Gasteiger partial charge in [-0.2, -0.15) is 0 Å². The first kappa shape index (κ1) is 12.6. The van der Waals surface area contributed by atoms with Gasteiger partial charge in [-0.05, 0) is 35.7 Å². The molecule has 0 aliphatic heterocycles. The zero-order valence-electron chi connectivity index (χ0n) is 11.8. The average molecular weight is 286 g/mol. The van der Waals surface area contributed by atoms with Crippen LogP contribution in [0.5, 0.6) is 0 Å². The van der Waals surface area contributed by atoms with E-state index in [0.717, 1.165) is 22.5 Å². The van der Waals surface area contributed by atoms with Gasteiger partial charge in [0.15, 0.2) is 0 Å². The normalized spacial score (nSPS) is 10.7. The van der Waals surface area contributed by atoms with Gasteiger partial charge in [0, 0.05) is 29.2 Å². The highest BCUT2D eigenvalue weighted by molar-refractivity contribution is 5.84. The molecule has 2 heterocycles. The van der Waals surface area contributed by atoms with Gasteiger partial charge < -0.3 is 10.3 Å². The number of nitrogens with one attached hydrogen (secondary N) is 2. The molecule has 0 aliphatic carbocycles. The first-order valence-corrected chi connectivity index (χ1v) is 7.11. The second kappa shape index (κ2) is 5.33. The van der Waals surface area contributed by atoms with Crippen molar-refractivity contribution in [3.8, 4) is 11.3 Å². The molecule has 4 aromatic rings. The third-order valence-corrected chi connectivity index (χ3v) is 3.54. The fourth-order valence-corrected chi connectivity index (χ4v) is 2.44. The first-order valence-electron chi connectivity index (χ1n) is 7.11. The quantitative estimate of drug-likeness (QED) is 0.588. The second-order valence-electron chi connectivity index (χ2n) is 5.04. The van der Waals surface area contributed by atoms with E-state index in [0.29, 0.717) is 5.95 Å². The summed E-state index contributed by atoms with van der Waals surface area (Å²) in [7, 11) is 0. The van der Waals surface area contributed by atoms with Crippen LogP contribution in [0.15, 0.2) is 73.1 Å². The molecule has 22 heavy (non-hydrogen) atoms. The molecular formula is C18H14N4. The predicted octanol–water partition coefficient (Wildman–Crippen LogP) is 4.37. The summed E-state index contributed by atoms with van der Waals surface area (Å²) in [6.45, 7) is 0. The van der Waals surface area contributed by atoms with Crippen molar-refractivity contribution in [3.63, 3.8) is 0 Å². The summed E-state index contributed by atoms with van der Waals surface area (Å²) in [6, 6.07) is 20.1. The molecular weight excluding hydrogens is 272 g/mol. The summed E-state index contributed by atoms with van der Waals surface area (Å²) in [5.41, 5.74) is 4.03. The SMILES string of the molecule is c1ccc(Nc2nccc(-c3ccc4cc[nH]c4c3)n2)cc1. The maximum atomic E-state index is 4.59. The van der Waals surface area contributed by atoms with Crippen LogP contribution in [0.25, 0.3) is 22.2 Å². The molecule has 0 fully saturated rings. The summed E-state index contributed by atoms with van der Waals surface area (Å²) in [4.78, 5) is 12.1. The van der Waals surface area contributed by atoms with Crippen LogP contribution in [-0.2, 0) is 0 Å². The van der Waals surface area contributed by atoms with Gasteiger partial charge in [0.2, 0.25) is 5.95 Å². The van der Waals surface area contributed by atoms with Crippen molar-refractivity contribution in [2.75, 3.05) is 5.32 Å². The third kappa shape index (κ3) is 2.42. The van der Waals surface area contributed by atoms with Crippen LogP contribution in [0.2, 0.25) is 0 Å². The van der Waals surface area contributed by atoms with E-state index < -0.39 is 0 Å². The summed E-state index contributed by atoms with van der Waals surface area (Å²) in [5, 5.41) is 4.41. The maximum Gasteiger partial charge on any atom is 0.227 e. The van der Waals surface area contributed by atoms with Crippen molar-refractivity contribution in [1.82, 2.24) is 15.0 Å². The topological polar surface area (TPSA) is 53.6 Å². The lowest BCUT2D eigenvalue weighted by atomic mass is 10.1. The molecule has 0 aliphatic rings. The lowest BCUT2D eigenvalue weighted by Gasteiger charge is -2.06. The van der Waals surface area contributed by atoms with Crippen LogP contribution in [0.3, 0.4) is 0 Å². The van der Waals surface area contributed by atoms with Gasteiger partial charge in [0.1, 0.15) is 0 Å². The number of hydrogen-bond donors (Lipinski definition) is 2. The van der Waals surface area contributed by atoms with E-state index in [9.17, 15) is 0 Å². The number of para-hydroxylation sites is 1. The molecule has 2 aromatic heterocycles. The monoisotopic (exact) mass is 286 g/mol. The van der Waals surface area contributed by atoms with Gasteiger partial charge in [0.25, 0.3) is 0 Å². The van der Waals surface area contributed by atoms with Crippen molar-refractivity contribution in [3.05, 3.63) is 73.1 Å². The third-order valence-electron chi connectivity index (χ3n) is 3.54. The molecule has 0 unspecified atom stereocenters. The smallest absolute Gasteiger partial charge is 0.227 e. The van der Waals surface area contributed by atoms with Gasteiger partial charge >= 0.3 is 0 Å². The minimum absolute atomic E-state index is 0.593. The Balaban J connectivity index is 1.69. The molecule has 0 amide bonds. The van der Waals surface area contributed by atoms with E-state index in [-0.39, 0.29) is 0 Å². The van der Waals surface area contributed by atoms with Gasteiger partial charge in [-0.3, -0.25) is 0 Å². The lowest BCUT2D eigenvalue weighted by Crippen LogP contribution is -1.97. The molecule has 4 nitrogen and oxygen atoms in total. The molecule has 0 radical (unpaired) electrons. The molecule has 0 bridgehead atoms.